The highest BCUT2D eigenvalue weighted by molar-refractivity contribution is 6.11. The zero-order valence-electron chi connectivity index (χ0n) is 19.6. The summed E-state index contributed by atoms with van der Waals surface area (Å²) >= 11 is 0. The van der Waals surface area contributed by atoms with E-state index in [-0.39, 0.29) is 36.6 Å². The minimum Gasteiger partial charge on any atom is -0.342 e. The molecule has 1 heterocycles. The number of rotatable bonds is 10. The van der Waals surface area contributed by atoms with E-state index >= 15 is 0 Å². The maximum atomic E-state index is 14.2. The van der Waals surface area contributed by atoms with Gasteiger partial charge in [0.15, 0.2) is 0 Å². The van der Waals surface area contributed by atoms with E-state index < -0.39 is 11.2 Å². The monoisotopic (exact) mass is 445 g/mol. The Balaban J connectivity index is 1.89. The molecular formula is C25H36FN3O3. The molecule has 32 heavy (non-hydrogen) atoms. The third-order valence-electron chi connectivity index (χ3n) is 7.18. The molecule has 1 aromatic rings. The van der Waals surface area contributed by atoms with Crippen molar-refractivity contribution < 1.29 is 18.8 Å². The molecule has 1 aliphatic carbocycles. The standard InChI is InChI=1S/C25H36FN3O3/c1-4-27(5-2)14-15-28(6-3)22(30)17-25(19-10-9-11-20(26)16-19)18-23(31)29(24(25)32)21-12-7-8-13-21/h9-11,16,21H,4-8,12-15,17-18H2,1-3H3/t25-/m1/s1. The second kappa shape index (κ2) is 10.6. The van der Waals surface area contributed by atoms with Crippen LogP contribution >= 0.6 is 0 Å². The van der Waals surface area contributed by atoms with Crippen molar-refractivity contribution in [2.75, 3.05) is 32.7 Å². The summed E-state index contributed by atoms with van der Waals surface area (Å²) < 4.78 is 14.2. The summed E-state index contributed by atoms with van der Waals surface area (Å²) in [5.41, 5.74) is -0.911. The van der Waals surface area contributed by atoms with Crippen LogP contribution in [0.25, 0.3) is 0 Å². The van der Waals surface area contributed by atoms with Crippen molar-refractivity contribution in [2.45, 2.75) is 70.8 Å². The second-order valence-electron chi connectivity index (χ2n) is 8.95. The molecular weight excluding hydrogens is 409 g/mol. The van der Waals surface area contributed by atoms with E-state index in [1.807, 2.05) is 6.92 Å². The molecule has 7 heteroatoms. The summed E-state index contributed by atoms with van der Waals surface area (Å²) in [6, 6.07) is 5.74. The molecule has 1 aromatic carbocycles. The number of nitrogens with zero attached hydrogens (tertiary/aromatic N) is 3. The minimum atomic E-state index is -1.33. The van der Waals surface area contributed by atoms with Crippen LogP contribution in [0.15, 0.2) is 24.3 Å². The first-order valence-corrected chi connectivity index (χ1v) is 12.0. The highest BCUT2D eigenvalue weighted by atomic mass is 19.1. The molecule has 176 valence electrons. The molecule has 1 atom stereocenters. The first-order chi connectivity index (χ1) is 15.4. The van der Waals surface area contributed by atoms with Gasteiger partial charge in [0, 0.05) is 38.5 Å². The van der Waals surface area contributed by atoms with Gasteiger partial charge >= 0.3 is 0 Å². The van der Waals surface area contributed by atoms with Gasteiger partial charge in [0.1, 0.15) is 5.82 Å². The molecule has 3 rings (SSSR count). The lowest BCUT2D eigenvalue weighted by Crippen LogP contribution is -2.46. The fraction of sp³-hybridized carbons (Fsp3) is 0.640. The zero-order chi connectivity index (χ0) is 23.3. The highest BCUT2D eigenvalue weighted by Gasteiger charge is 2.56. The van der Waals surface area contributed by atoms with Crippen molar-refractivity contribution in [3.8, 4) is 0 Å². The Hall–Kier alpha value is -2.28. The van der Waals surface area contributed by atoms with Gasteiger partial charge < -0.3 is 9.80 Å². The third-order valence-corrected chi connectivity index (χ3v) is 7.18. The summed E-state index contributed by atoms with van der Waals surface area (Å²) in [5.74, 6) is -1.22. The topological polar surface area (TPSA) is 60.9 Å². The number of halogens is 1. The predicted octanol–water partition coefficient (Wildman–Crippen LogP) is 3.35. The molecule has 0 N–H and O–H groups in total. The number of amides is 3. The molecule has 6 nitrogen and oxygen atoms in total. The van der Waals surface area contributed by atoms with E-state index in [2.05, 4.69) is 18.7 Å². The molecule has 1 saturated heterocycles. The van der Waals surface area contributed by atoms with Crippen LogP contribution in [0.4, 0.5) is 4.39 Å². The van der Waals surface area contributed by atoms with Crippen LogP contribution in [0, 0.1) is 5.82 Å². The van der Waals surface area contributed by atoms with Crippen LogP contribution in [-0.2, 0) is 19.8 Å². The zero-order valence-corrected chi connectivity index (χ0v) is 19.6. The second-order valence-corrected chi connectivity index (χ2v) is 8.95. The first kappa shape index (κ1) is 24.4. The number of carbonyl (C=O) groups excluding carboxylic acids is 3. The van der Waals surface area contributed by atoms with Crippen LogP contribution in [0.3, 0.4) is 0 Å². The fourth-order valence-electron chi connectivity index (χ4n) is 5.18. The van der Waals surface area contributed by atoms with Gasteiger partial charge in [-0.1, -0.05) is 38.8 Å². The van der Waals surface area contributed by atoms with Crippen LogP contribution in [0.5, 0.6) is 0 Å². The summed E-state index contributed by atoms with van der Waals surface area (Å²) in [6.45, 7) is 9.72. The number of likely N-dealkylation sites (tertiary alicyclic amines) is 1. The lowest BCUT2D eigenvalue weighted by Gasteiger charge is -2.32. The average molecular weight is 446 g/mol. The van der Waals surface area contributed by atoms with E-state index in [0.717, 1.165) is 45.3 Å². The number of benzene rings is 1. The molecule has 3 amide bonds. The van der Waals surface area contributed by atoms with Gasteiger partial charge in [-0.2, -0.15) is 0 Å². The smallest absolute Gasteiger partial charge is 0.241 e. The van der Waals surface area contributed by atoms with Crippen molar-refractivity contribution in [3.63, 3.8) is 0 Å². The highest BCUT2D eigenvalue weighted by Crippen LogP contribution is 2.43. The molecule has 0 aromatic heterocycles. The first-order valence-electron chi connectivity index (χ1n) is 12.0. The summed E-state index contributed by atoms with van der Waals surface area (Å²) in [5, 5.41) is 0. The molecule has 0 bridgehead atoms. The van der Waals surface area contributed by atoms with Gasteiger partial charge in [0.25, 0.3) is 0 Å². The van der Waals surface area contributed by atoms with Crippen LogP contribution in [-0.4, -0.2) is 71.2 Å². The predicted molar refractivity (Wildman–Crippen MR) is 121 cm³/mol. The Kier molecular flexibility index (Phi) is 8.04. The summed E-state index contributed by atoms with van der Waals surface area (Å²) in [4.78, 5) is 45.6. The van der Waals surface area contributed by atoms with Gasteiger partial charge in [-0.05, 0) is 50.6 Å². The molecule has 0 radical (unpaired) electrons. The van der Waals surface area contributed by atoms with E-state index in [1.165, 1.54) is 17.0 Å². The fourth-order valence-corrected chi connectivity index (χ4v) is 5.18. The molecule has 0 unspecified atom stereocenters. The Bertz CT molecular complexity index is 835. The van der Waals surface area contributed by atoms with Crippen molar-refractivity contribution in [3.05, 3.63) is 35.6 Å². The third kappa shape index (κ3) is 4.87. The lowest BCUT2D eigenvalue weighted by molar-refractivity contribution is -0.144. The SMILES string of the molecule is CCN(CC)CCN(CC)C(=O)C[C@]1(c2cccc(F)c2)CC(=O)N(C2CCCC2)C1=O. The van der Waals surface area contributed by atoms with Gasteiger partial charge in [-0.25, -0.2) is 4.39 Å². The van der Waals surface area contributed by atoms with Crippen molar-refractivity contribution >= 4 is 17.7 Å². The Morgan fingerprint density at radius 1 is 1.09 bits per heavy atom. The summed E-state index contributed by atoms with van der Waals surface area (Å²) in [7, 11) is 0. The Morgan fingerprint density at radius 3 is 2.38 bits per heavy atom. The van der Waals surface area contributed by atoms with Gasteiger partial charge in [-0.15, -0.1) is 0 Å². The largest absolute Gasteiger partial charge is 0.342 e. The van der Waals surface area contributed by atoms with Crippen LogP contribution in [0.2, 0.25) is 0 Å². The molecule has 0 spiro atoms. The molecule has 2 fully saturated rings. The molecule has 1 saturated carbocycles. The molecule has 1 aliphatic heterocycles. The number of likely N-dealkylation sites (N-methyl/N-ethyl adjacent to an activating group) is 2. The minimum absolute atomic E-state index is 0.0782. The number of imide groups is 1. The normalized spacial score (nSPS) is 21.7. The maximum Gasteiger partial charge on any atom is 0.241 e. The quantitative estimate of drug-likeness (QED) is 0.518. The van der Waals surface area contributed by atoms with Crippen LogP contribution in [0.1, 0.15) is 64.9 Å². The Labute approximate surface area is 190 Å². The van der Waals surface area contributed by atoms with Crippen molar-refractivity contribution in [1.29, 1.82) is 0 Å². The van der Waals surface area contributed by atoms with Gasteiger partial charge in [-0.3, -0.25) is 19.3 Å². The van der Waals surface area contributed by atoms with Gasteiger partial charge in [0.2, 0.25) is 17.7 Å². The number of hydrogen-bond acceptors (Lipinski definition) is 4. The number of hydrogen-bond donors (Lipinski definition) is 0. The summed E-state index contributed by atoms with van der Waals surface area (Å²) in [6.07, 6.45) is 3.39. The van der Waals surface area contributed by atoms with E-state index in [0.29, 0.717) is 18.7 Å². The average Bonchev–Trinajstić information content (AvgIpc) is 3.38. The maximum absolute atomic E-state index is 14.2. The van der Waals surface area contributed by atoms with E-state index in [9.17, 15) is 18.8 Å². The molecule has 2 aliphatic rings. The van der Waals surface area contributed by atoms with E-state index in [1.54, 1.807) is 17.0 Å². The van der Waals surface area contributed by atoms with Crippen LogP contribution < -0.4 is 0 Å². The van der Waals surface area contributed by atoms with Crippen molar-refractivity contribution in [2.24, 2.45) is 0 Å². The number of carbonyl (C=O) groups is 3. The lowest BCUT2D eigenvalue weighted by atomic mass is 9.75. The Morgan fingerprint density at radius 2 is 1.78 bits per heavy atom. The van der Waals surface area contributed by atoms with E-state index in [4.69, 9.17) is 0 Å². The van der Waals surface area contributed by atoms with Crippen molar-refractivity contribution in [1.82, 2.24) is 14.7 Å². The van der Waals surface area contributed by atoms with Gasteiger partial charge in [0.05, 0.1) is 5.41 Å².